The fourth-order valence-electron chi connectivity index (χ4n) is 3.03. The number of rotatable bonds is 5. The SMILES string of the molecule is CC(=O)c1cccc(NC(=O)c2cccc(S(=O)(=O)[C@H]3CCS(=O)(=O)C3)c2)c1. The Kier molecular flexibility index (Phi) is 5.40. The smallest absolute Gasteiger partial charge is 0.255 e. The number of hydrogen-bond acceptors (Lipinski definition) is 6. The first-order valence-corrected chi connectivity index (χ1v) is 11.9. The highest BCUT2D eigenvalue weighted by molar-refractivity contribution is 7.96. The van der Waals surface area contributed by atoms with Gasteiger partial charge in [-0.05, 0) is 43.7 Å². The maximum Gasteiger partial charge on any atom is 0.255 e. The molecule has 0 saturated carbocycles. The van der Waals surface area contributed by atoms with E-state index in [0.717, 1.165) is 0 Å². The Balaban J connectivity index is 1.84. The van der Waals surface area contributed by atoms with Gasteiger partial charge in [-0.3, -0.25) is 9.59 Å². The highest BCUT2D eigenvalue weighted by Gasteiger charge is 2.38. The Morgan fingerprint density at radius 2 is 1.71 bits per heavy atom. The average molecular weight is 421 g/mol. The second-order valence-corrected chi connectivity index (χ2v) is 11.1. The van der Waals surface area contributed by atoms with Crippen molar-refractivity contribution >= 4 is 37.1 Å². The lowest BCUT2D eigenvalue weighted by Crippen LogP contribution is -2.23. The van der Waals surface area contributed by atoms with E-state index in [1.54, 1.807) is 18.2 Å². The van der Waals surface area contributed by atoms with Crippen LogP contribution >= 0.6 is 0 Å². The minimum atomic E-state index is -3.86. The van der Waals surface area contributed by atoms with Gasteiger partial charge >= 0.3 is 0 Å². The van der Waals surface area contributed by atoms with Crippen LogP contribution in [0, 0.1) is 0 Å². The Hall–Kier alpha value is -2.52. The fourth-order valence-corrected chi connectivity index (χ4v) is 7.44. The van der Waals surface area contributed by atoms with E-state index in [2.05, 4.69) is 5.32 Å². The summed E-state index contributed by atoms with van der Waals surface area (Å²) in [6, 6.07) is 11.9. The van der Waals surface area contributed by atoms with E-state index in [-0.39, 0.29) is 28.4 Å². The van der Waals surface area contributed by atoms with Crippen LogP contribution < -0.4 is 5.32 Å². The van der Waals surface area contributed by atoms with E-state index >= 15 is 0 Å². The van der Waals surface area contributed by atoms with Crippen molar-refractivity contribution < 1.29 is 26.4 Å². The minimum Gasteiger partial charge on any atom is -0.322 e. The topological polar surface area (TPSA) is 114 Å². The van der Waals surface area contributed by atoms with Gasteiger partial charge < -0.3 is 5.32 Å². The van der Waals surface area contributed by atoms with Gasteiger partial charge in [0.25, 0.3) is 5.91 Å². The third-order valence-corrected chi connectivity index (χ3v) is 8.75. The molecule has 2 aromatic carbocycles. The molecule has 3 rings (SSSR count). The van der Waals surface area contributed by atoms with Crippen molar-refractivity contribution in [2.45, 2.75) is 23.5 Å². The number of nitrogens with one attached hydrogen (secondary N) is 1. The minimum absolute atomic E-state index is 0.0545. The Morgan fingerprint density at radius 3 is 2.36 bits per heavy atom. The summed E-state index contributed by atoms with van der Waals surface area (Å²) in [5.74, 6) is -1.22. The molecule has 148 valence electrons. The summed E-state index contributed by atoms with van der Waals surface area (Å²) in [7, 11) is -7.21. The van der Waals surface area contributed by atoms with Gasteiger partial charge in [0.05, 0.1) is 21.7 Å². The predicted octanol–water partition coefficient (Wildman–Crippen LogP) is 2.10. The first kappa shape index (κ1) is 20.2. The van der Waals surface area contributed by atoms with Crippen LogP contribution in [0.5, 0.6) is 0 Å². The van der Waals surface area contributed by atoms with Gasteiger partial charge in [0.1, 0.15) is 0 Å². The summed E-state index contributed by atoms with van der Waals surface area (Å²) in [5.41, 5.74) is 0.972. The molecule has 2 aromatic rings. The van der Waals surface area contributed by atoms with E-state index in [0.29, 0.717) is 11.3 Å². The quantitative estimate of drug-likeness (QED) is 0.740. The van der Waals surface area contributed by atoms with Crippen LogP contribution in [-0.2, 0) is 19.7 Å². The summed E-state index contributed by atoms with van der Waals surface area (Å²) in [6.45, 7) is 1.42. The zero-order valence-electron chi connectivity index (χ0n) is 15.1. The Bertz CT molecular complexity index is 1150. The maximum absolute atomic E-state index is 12.7. The third-order valence-electron chi connectivity index (χ3n) is 4.58. The summed E-state index contributed by atoms with van der Waals surface area (Å²) < 4.78 is 48.7. The summed E-state index contributed by atoms with van der Waals surface area (Å²) >= 11 is 0. The Morgan fingerprint density at radius 1 is 1.04 bits per heavy atom. The lowest BCUT2D eigenvalue weighted by atomic mass is 10.1. The number of amides is 1. The van der Waals surface area contributed by atoms with Crippen molar-refractivity contribution in [2.75, 3.05) is 16.8 Å². The molecule has 0 bridgehead atoms. The zero-order valence-corrected chi connectivity index (χ0v) is 16.7. The lowest BCUT2D eigenvalue weighted by molar-refractivity contribution is 0.101. The molecule has 0 aromatic heterocycles. The lowest BCUT2D eigenvalue weighted by Gasteiger charge is -2.12. The van der Waals surface area contributed by atoms with Crippen molar-refractivity contribution in [3.8, 4) is 0 Å². The van der Waals surface area contributed by atoms with Crippen molar-refractivity contribution in [3.05, 3.63) is 59.7 Å². The van der Waals surface area contributed by atoms with Gasteiger partial charge in [0.2, 0.25) is 0 Å². The summed E-state index contributed by atoms with van der Waals surface area (Å²) in [5, 5.41) is 1.64. The molecule has 9 heteroatoms. The number of ketones is 1. The molecular weight excluding hydrogens is 402 g/mol. The van der Waals surface area contributed by atoms with Crippen molar-refractivity contribution in [1.29, 1.82) is 0 Å². The molecule has 28 heavy (non-hydrogen) atoms. The largest absolute Gasteiger partial charge is 0.322 e. The van der Waals surface area contributed by atoms with Crippen molar-refractivity contribution in [2.24, 2.45) is 0 Å². The molecule has 0 radical (unpaired) electrons. The molecule has 0 unspecified atom stereocenters. The number of hydrogen-bond donors (Lipinski definition) is 1. The van der Waals surface area contributed by atoms with Crippen LogP contribution in [-0.4, -0.2) is 45.3 Å². The predicted molar refractivity (Wildman–Crippen MR) is 105 cm³/mol. The van der Waals surface area contributed by atoms with Crippen LogP contribution in [0.25, 0.3) is 0 Å². The molecule has 1 aliphatic rings. The normalized spacial score (nSPS) is 18.5. The molecule has 0 aliphatic carbocycles. The Labute approximate surface area is 163 Å². The van der Waals surface area contributed by atoms with Gasteiger partial charge in [0, 0.05) is 16.8 Å². The summed E-state index contributed by atoms with van der Waals surface area (Å²) in [4.78, 5) is 23.9. The molecule has 1 atom stereocenters. The van der Waals surface area contributed by atoms with Crippen molar-refractivity contribution in [3.63, 3.8) is 0 Å². The standard InChI is InChI=1S/C19H19NO6S2/c1-13(21)14-4-2-6-16(10-14)20-19(22)15-5-3-7-17(11-15)28(25,26)18-8-9-27(23,24)12-18/h2-7,10-11,18H,8-9,12H2,1H3,(H,20,22)/t18-/m0/s1. The number of benzene rings is 2. The van der Waals surface area contributed by atoms with Crippen LogP contribution in [0.15, 0.2) is 53.4 Å². The second kappa shape index (κ2) is 7.48. The van der Waals surface area contributed by atoms with E-state index in [1.807, 2.05) is 0 Å². The molecule has 1 heterocycles. The van der Waals surface area contributed by atoms with Gasteiger partial charge in [-0.1, -0.05) is 18.2 Å². The first-order chi connectivity index (χ1) is 13.1. The van der Waals surface area contributed by atoms with Crippen LogP contribution in [0.3, 0.4) is 0 Å². The van der Waals surface area contributed by atoms with E-state index in [1.165, 1.54) is 37.3 Å². The average Bonchev–Trinajstić information content (AvgIpc) is 3.02. The number of anilines is 1. The second-order valence-electron chi connectivity index (χ2n) is 6.69. The summed E-state index contributed by atoms with van der Waals surface area (Å²) in [6.07, 6.45) is 0.0545. The van der Waals surface area contributed by atoms with Gasteiger partial charge in [-0.2, -0.15) is 0 Å². The van der Waals surface area contributed by atoms with Gasteiger partial charge in [-0.25, -0.2) is 16.8 Å². The number of carbonyl (C=O) groups is 2. The van der Waals surface area contributed by atoms with Crippen molar-refractivity contribution in [1.82, 2.24) is 0 Å². The zero-order chi connectivity index (χ0) is 20.5. The highest BCUT2D eigenvalue weighted by Crippen LogP contribution is 2.26. The van der Waals surface area contributed by atoms with Gasteiger partial charge in [-0.15, -0.1) is 0 Å². The molecule has 1 amide bonds. The molecular formula is C19H19NO6S2. The monoisotopic (exact) mass is 421 g/mol. The molecule has 7 nitrogen and oxygen atoms in total. The van der Waals surface area contributed by atoms with Crippen LogP contribution in [0.1, 0.15) is 34.1 Å². The molecule has 1 N–H and O–H groups in total. The van der Waals surface area contributed by atoms with E-state index in [4.69, 9.17) is 0 Å². The number of sulfone groups is 2. The van der Waals surface area contributed by atoms with Crippen LogP contribution in [0.2, 0.25) is 0 Å². The molecule has 1 saturated heterocycles. The van der Waals surface area contributed by atoms with E-state index in [9.17, 15) is 26.4 Å². The number of carbonyl (C=O) groups excluding carboxylic acids is 2. The van der Waals surface area contributed by atoms with Gasteiger partial charge in [0.15, 0.2) is 25.5 Å². The third kappa shape index (κ3) is 4.31. The fraction of sp³-hybridized carbons (Fsp3) is 0.263. The number of Topliss-reactive ketones (excluding diaryl/α,β-unsaturated/α-hetero) is 1. The molecule has 1 aliphatic heterocycles. The van der Waals surface area contributed by atoms with Crippen LogP contribution in [0.4, 0.5) is 5.69 Å². The van der Waals surface area contributed by atoms with E-state index < -0.39 is 36.6 Å². The first-order valence-electron chi connectivity index (χ1n) is 8.55. The molecule has 1 fully saturated rings. The molecule has 0 spiro atoms. The highest BCUT2D eigenvalue weighted by atomic mass is 32.2. The maximum atomic E-state index is 12.7.